The molecule has 3 rings (SSSR count). The highest BCUT2D eigenvalue weighted by molar-refractivity contribution is 5.89. The van der Waals surface area contributed by atoms with Gasteiger partial charge in [-0.1, -0.05) is 24.3 Å². The number of hydrogen-bond donors (Lipinski definition) is 2. The van der Waals surface area contributed by atoms with E-state index in [9.17, 15) is 14.9 Å². The molecule has 1 aliphatic heterocycles. The predicted molar refractivity (Wildman–Crippen MR) is 102 cm³/mol. The maximum absolute atomic E-state index is 12.1. The molecule has 0 atom stereocenters. The lowest BCUT2D eigenvalue weighted by Gasteiger charge is -2.33. The number of benzene rings is 2. The zero-order valence-electron chi connectivity index (χ0n) is 14.6. The lowest BCUT2D eigenvalue weighted by molar-refractivity contribution is -0.384. The van der Waals surface area contributed by atoms with Crippen LogP contribution in [0.15, 0.2) is 48.5 Å². The number of nitrogens with zero attached hydrogens (tertiary/aromatic N) is 2. The summed E-state index contributed by atoms with van der Waals surface area (Å²) in [6, 6.07) is 14.4. The topological polar surface area (TPSA) is 87.5 Å². The smallest absolute Gasteiger partial charge is 0.319 e. The summed E-state index contributed by atoms with van der Waals surface area (Å²) >= 11 is 0. The Morgan fingerprint density at radius 2 is 1.85 bits per heavy atom. The number of hydrogen-bond acceptors (Lipinski definition) is 4. The summed E-state index contributed by atoms with van der Waals surface area (Å²) in [5.74, 6) is 0. The number of urea groups is 1. The minimum absolute atomic E-state index is 0.0551. The first kappa shape index (κ1) is 17.7. The maximum Gasteiger partial charge on any atom is 0.319 e. The van der Waals surface area contributed by atoms with Crippen molar-refractivity contribution in [2.75, 3.05) is 23.3 Å². The molecule has 0 radical (unpaired) electrons. The highest BCUT2D eigenvalue weighted by atomic mass is 16.6. The van der Waals surface area contributed by atoms with Crippen LogP contribution in [0.5, 0.6) is 0 Å². The van der Waals surface area contributed by atoms with Crippen molar-refractivity contribution in [1.29, 1.82) is 0 Å². The Morgan fingerprint density at radius 1 is 1.15 bits per heavy atom. The average molecular weight is 354 g/mol. The molecule has 0 bridgehead atoms. The Labute approximate surface area is 152 Å². The van der Waals surface area contributed by atoms with E-state index in [1.165, 1.54) is 0 Å². The molecule has 7 heteroatoms. The van der Waals surface area contributed by atoms with Gasteiger partial charge in [-0.2, -0.15) is 0 Å². The summed E-state index contributed by atoms with van der Waals surface area (Å²) in [5, 5.41) is 17.1. The molecule has 0 aromatic heterocycles. The fraction of sp³-hybridized carbons (Fsp3) is 0.316. The van der Waals surface area contributed by atoms with Crippen LogP contribution in [0.2, 0.25) is 0 Å². The van der Waals surface area contributed by atoms with Crippen molar-refractivity contribution in [2.45, 2.75) is 25.8 Å². The molecule has 2 aromatic carbocycles. The monoisotopic (exact) mass is 354 g/mol. The maximum atomic E-state index is 12.1. The van der Waals surface area contributed by atoms with Gasteiger partial charge in [-0.15, -0.1) is 0 Å². The number of carbonyl (C=O) groups excluding carboxylic acids is 1. The summed E-state index contributed by atoms with van der Waals surface area (Å²) in [4.78, 5) is 25.1. The van der Waals surface area contributed by atoms with Gasteiger partial charge in [0, 0.05) is 30.9 Å². The molecule has 7 nitrogen and oxygen atoms in total. The fourth-order valence-corrected chi connectivity index (χ4v) is 3.19. The summed E-state index contributed by atoms with van der Waals surface area (Å²) < 4.78 is 0. The van der Waals surface area contributed by atoms with Gasteiger partial charge in [0.25, 0.3) is 5.69 Å². The van der Waals surface area contributed by atoms with Gasteiger partial charge in [0.05, 0.1) is 4.92 Å². The quantitative estimate of drug-likeness (QED) is 0.647. The largest absolute Gasteiger partial charge is 0.366 e. The Hall–Kier alpha value is -3.09. The van der Waals surface area contributed by atoms with E-state index in [-0.39, 0.29) is 22.7 Å². The third-order valence-corrected chi connectivity index (χ3v) is 4.53. The Morgan fingerprint density at radius 3 is 2.50 bits per heavy atom. The molecule has 2 aromatic rings. The molecule has 2 amide bonds. The third kappa shape index (κ3) is 4.30. The van der Waals surface area contributed by atoms with Crippen molar-refractivity contribution in [3.8, 4) is 0 Å². The van der Waals surface area contributed by atoms with E-state index in [1.54, 1.807) is 6.07 Å². The SMILES string of the molecule is Cc1ccc(N2CCC(NC(=O)Nc3ccccc3)CC2)c([N+](=O)[O-])c1. The standard InChI is InChI=1S/C19H22N4O3/c1-14-7-8-17(18(13-14)23(25)26)22-11-9-16(10-12-22)21-19(24)20-15-5-3-2-4-6-15/h2-8,13,16H,9-12H2,1H3,(H2,20,21,24). The Kier molecular flexibility index (Phi) is 5.36. The van der Waals surface area contributed by atoms with Crippen molar-refractivity contribution in [3.63, 3.8) is 0 Å². The van der Waals surface area contributed by atoms with E-state index in [0.717, 1.165) is 24.1 Å². The van der Waals surface area contributed by atoms with Gasteiger partial charge in [0.15, 0.2) is 0 Å². The minimum Gasteiger partial charge on any atom is -0.366 e. The summed E-state index contributed by atoms with van der Waals surface area (Å²) in [6.07, 6.45) is 1.49. The molecule has 26 heavy (non-hydrogen) atoms. The van der Waals surface area contributed by atoms with E-state index < -0.39 is 0 Å². The first-order chi connectivity index (χ1) is 12.5. The Bertz CT molecular complexity index is 787. The van der Waals surface area contributed by atoms with E-state index >= 15 is 0 Å². The molecule has 0 unspecified atom stereocenters. The van der Waals surface area contributed by atoms with Gasteiger partial charge < -0.3 is 15.5 Å². The molecule has 0 saturated carbocycles. The van der Waals surface area contributed by atoms with Gasteiger partial charge in [-0.25, -0.2) is 4.79 Å². The molecule has 136 valence electrons. The van der Waals surface area contributed by atoms with Crippen molar-refractivity contribution in [3.05, 3.63) is 64.2 Å². The normalized spacial score (nSPS) is 14.7. The van der Waals surface area contributed by atoms with Gasteiger partial charge in [0.2, 0.25) is 0 Å². The fourth-order valence-electron chi connectivity index (χ4n) is 3.19. The van der Waals surface area contributed by atoms with Crippen LogP contribution in [-0.4, -0.2) is 30.1 Å². The van der Waals surface area contributed by atoms with Crippen LogP contribution in [0.4, 0.5) is 21.9 Å². The zero-order chi connectivity index (χ0) is 18.5. The second kappa shape index (κ2) is 7.86. The van der Waals surface area contributed by atoms with Crippen molar-refractivity contribution in [1.82, 2.24) is 5.32 Å². The van der Waals surface area contributed by atoms with E-state index in [1.807, 2.05) is 54.3 Å². The summed E-state index contributed by atoms with van der Waals surface area (Å²) in [6.45, 7) is 3.18. The van der Waals surface area contributed by atoms with E-state index in [4.69, 9.17) is 0 Å². The Balaban J connectivity index is 1.56. The number of anilines is 2. The second-order valence-corrected chi connectivity index (χ2v) is 6.48. The van der Waals surface area contributed by atoms with Crippen LogP contribution in [0.1, 0.15) is 18.4 Å². The molecule has 0 spiro atoms. The molecular weight excluding hydrogens is 332 g/mol. The zero-order valence-corrected chi connectivity index (χ0v) is 14.6. The molecule has 2 N–H and O–H groups in total. The summed E-state index contributed by atoms with van der Waals surface area (Å²) in [5.41, 5.74) is 2.40. The molecule has 1 fully saturated rings. The van der Waals surface area contributed by atoms with Crippen LogP contribution in [0.3, 0.4) is 0 Å². The number of rotatable bonds is 4. The molecule has 1 aliphatic rings. The number of para-hydroxylation sites is 1. The summed E-state index contributed by atoms with van der Waals surface area (Å²) in [7, 11) is 0. The number of amides is 2. The van der Waals surface area contributed by atoms with Crippen molar-refractivity contribution >= 4 is 23.1 Å². The van der Waals surface area contributed by atoms with Gasteiger partial charge >= 0.3 is 6.03 Å². The van der Waals surface area contributed by atoms with Crippen molar-refractivity contribution in [2.24, 2.45) is 0 Å². The minimum atomic E-state index is -0.333. The van der Waals surface area contributed by atoms with Gasteiger partial charge in [-0.3, -0.25) is 10.1 Å². The average Bonchev–Trinajstić information content (AvgIpc) is 2.63. The van der Waals surface area contributed by atoms with Crippen molar-refractivity contribution < 1.29 is 9.72 Å². The molecule has 1 heterocycles. The van der Waals surface area contributed by atoms with Crippen LogP contribution in [0, 0.1) is 17.0 Å². The number of piperidine rings is 1. The van der Waals surface area contributed by atoms with Crippen LogP contribution in [0.25, 0.3) is 0 Å². The number of nitro benzene ring substituents is 1. The molecule has 0 aliphatic carbocycles. The molecule has 1 saturated heterocycles. The van der Waals surface area contributed by atoms with E-state index in [0.29, 0.717) is 18.8 Å². The van der Waals surface area contributed by atoms with Gasteiger partial charge in [0.1, 0.15) is 5.69 Å². The second-order valence-electron chi connectivity index (χ2n) is 6.48. The first-order valence-electron chi connectivity index (χ1n) is 8.65. The lowest BCUT2D eigenvalue weighted by Crippen LogP contribution is -2.46. The predicted octanol–water partition coefficient (Wildman–Crippen LogP) is 3.69. The highest BCUT2D eigenvalue weighted by Gasteiger charge is 2.25. The lowest BCUT2D eigenvalue weighted by atomic mass is 10.0. The van der Waals surface area contributed by atoms with Crippen LogP contribution >= 0.6 is 0 Å². The number of aryl methyl sites for hydroxylation is 1. The van der Waals surface area contributed by atoms with Crippen LogP contribution < -0.4 is 15.5 Å². The first-order valence-corrected chi connectivity index (χ1v) is 8.65. The number of carbonyl (C=O) groups is 1. The number of nitrogens with one attached hydrogen (secondary N) is 2. The van der Waals surface area contributed by atoms with Gasteiger partial charge in [-0.05, 0) is 43.5 Å². The highest BCUT2D eigenvalue weighted by Crippen LogP contribution is 2.31. The van der Waals surface area contributed by atoms with E-state index in [2.05, 4.69) is 10.6 Å². The third-order valence-electron chi connectivity index (χ3n) is 4.53. The molecular formula is C19H22N4O3. The number of nitro groups is 1. The van der Waals surface area contributed by atoms with Crippen LogP contribution in [-0.2, 0) is 0 Å².